The van der Waals surface area contributed by atoms with Gasteiger partial charge in [-0.15, -0.1) is 0 Å². The Morgan fingerprint density at radius 3 is 2.83 bits per heavy atom. The lowest BCUT2D eigenvalue weighted by Crippen LogP contribution is -2.43. The fourth-order valence-electron chi connectivity index (χ4n) is 2.64. The number of piperidine rings is 1. The maximum atomic E-state index is 12.4. The van der Waals surface area contributed by atoms with E-state index in [0.717, 1.165) is 19.1 Å². The smallest absolute Gasteiger partial charge is 0.223 e. The predicted octanol–water partition coefficient (Wildman–Crippen LogP) is 0.442. The molecular weight excluding hydrogens is 318 g/mol. The van der Waals surface area contributed by atoms with Crippen molar-refractivity contribution in [3.8, 4) is 0 Å². The van der Waals surface area contributed by atoms with E-state index in [1.54, 1.807) is 29.3 Å². The molecule has 0 radical (unpaired) electrons. The summed E-state index contributed by atoms with van der Waals surface area (Å²) in [5.74, 6) is -0.428. The number of Topliss-reactive ketones (excluding diaryl/α,β-unsaturated/α-hetero) is 1. The van der Waals surface area contributed by atoms with Crippen LogP contribution in [0.1, 0.15) is 29.8 Å². The number of nitrogens with zero attached hydrogens (tertiary/aromatic N) is 2. The number of carbonyl (C=O) groups excluding carboxylic acids is 2. The maximum absolute atomic E-state index is 12.4. The molecule has 1 unspecified atom stereocenters. The lowest BCUT2D eigenvalue weighted by molar-refractivity contribution is -0.132. The van der Waals surface area contributed by atoms with Gasteiger partial charge in [0.05, 0.1) is 6.26 Å². The second-order valence-corrected chi connectivity index (χ2v) is 7.51. The van der Waals surface area contributed by atoms with E-state index in [9.17, 15) is 18.0 Å². The normalized spacial score (nSPS) is 18.7. The average Bonchev–Trinajstić information content (AvgIpc) is 2.54. The number of ketones is 1. The van der Waals surface area contributed by atoms with Crippen LogP contribution in [-0.2, 0) is 14.8 Å². The Morgan fingerprint density at radius 1 is 1.39 bits per heavy atom. The number of carbonyl (C=O) groups is 2. The van der Waals surface area contributed by atoms with Gasteiger partial charge in [0.25, 0.3) is 0 Å². The fourth-order valence-corrected chi connectivity index (χ4v) is 3.11. The molecule has 8 heteroatoms. The minimum absolute atomic E-state index is 0.0441. The van der Waals surface area contributed by atoms with E-state index in [4.69, 9.17) is 0 Å². The van der Waals surface area contributed by atoms with Gasteiger partial charge < -0.3 is 4.90 Å². The fraction of sp³-hybridized carbons (Fsp3) is 0.533. The quantitative estimate of drug-likeness (QED) is 0.759. The van der Waals surface area contributed by atoms with Crippen molar-refractivity contribution in [2.45, 2.75) is 19.3 Å². The van der Waals surface area contributed by atoms with Gasteiger partial charge in [0.1, 0.15) is 5.69 Å². The van der Waals surface area contributed by atoms with E-state index in [0.29, 0.717) is 18.8 Å². The first-order valence-corrected chi connectivity index (χ1v) is 9.43. The second-order valence-electron chi connectivity index (χ2n) is 5.67. The minimum Gasteiger partial charge on any atom is -0.342 e. The summed E-state index contributed by atoms with van der Waals surface area (Å²) >= 11 is 0. The number of hydrogen-bond donors (Lipinski definition) is 1. The molecule has 0 aromatic carbocycles. The summed E-state index contributed by atoms with van der Waals surface area (Å²) in [6.45, 7) is 1.05. The highest BCUT2D eigenvalue weighted by molar-refractivity contribution is 7.88. The SMILES string of the molecule is CS(=O)(=O)NCCC(=O)N1CCCC(C(=O)c2ccccn2)C1. The average molecular weight is 339 g/mol. The number of aromatic nitrogens is 1. The van der Waals surface area contributed by atoms with Gasteiger partial charge in [-0.1, -0.05) is 6.07 Å². The number of rotatable bonds is 6. The number of amides is 1. The molecule has 2 rings (SSSR count). The molecule has 0 bridgehead atoms. The Balaban J connectivity index is 1.90. The second kappa shape index (κ2) is 7.65. The third-order valence-corrected chi connectivity index (χ3v) is 4.49. The van der Waals surface area contributed by atoms with Gasteiger partial charge in [-0.25, -0.2) is 13.1 Å². The molecular formula is C15H21N3O4S. The molecule has 1 N–H and O–H groups in total. The van der Waals surface area contributed by atoms with Crippen molar-refractivity contribution in [1.29, 1.82) is 0 Å². The predicted molar refractivity (Wildman–Crippen MR) is 85.3 cm³/mol. The van der Waals surface area contributed by atoms with E-state index >= 15 is 0 Å². The van der Waals surface area contributed by atoms with Crippen molar-refractivity contribution in [2.75, 3.05) is 25.9 Å². The van der Waals surface area contributed by atoms with Crippen molar-refractivity contribution in [2.24, 2.45) is 5.92 Å². The summed E-state index contributed by atoms with van der Waals surface area (Å²) in [5.41, 5.74) is 0.422. The van der Waals surface area contributed by atoms with Crippen LogP contribution in [0.3, 0.4) is 0 Å². The Kier molecular flexibility index (Phi) is 5.84. The first-order chi connectivity index (χ1) is 10.9. The van der Waals surface area contributed by atoms with Crippen molar-refractivity contribution in [3.63, 3.8) is 0 Å². The third-order valence-electron chi connectivity index (χ3n) is 3.77. The van der Waals surface area contributed by atoms with Crippen molar-refractivity contribution in [3.05, 3.63) is 30.1 Å². The molecule has 0 saturated carbocycles. The lowest BCUT2D eigenvalue weighted by atomic mass is 9.91. The van der Waals surface area contributed by atoms with Crippen LogP contribution in [0.2, 0.25) is 0 Å². The standard InChI is InChI=1S/C15H21N3O4S/c1-23(21,22)17-9-7-14(19)18-10-4-5-12(11-18)15(20)13-6-2-3-8-16-13/h2-3,6,8,12,17H,4-5,7,9-11H2,1H3. The lowest BCUT2D eigenvalue weighted by Gasteiger charge is -2.32. The van der Waals surface area contributed by atoms with Gasteiger partial charge in [-0.2, -0.15) is 0 Å². The van der Waals surface area contributed by atoms with E-state index in [2.05, 4.69) is 9.71 Å². The van der Waals surface area contributed by atoms with Crippen LogP contribution in [0, 0.1) is 5.92 Å². The highest BCUT2D eigenvalue weighted by atomic mass is 32.2. The first kappa shape index (κ1) is 17.6. The minimum atomic E-state index is -3.29. The molecule has 1 fully saturated rings. The molecule has 0 spiro atoms. The van der Waals surface area contributed by atoms with Crippen LogP contribution in [0.4, 0.5) is 0 Å². The number of hydrogen-bond acceptors (Lipinski definition) is 5. The highest BCUT2D eigenvalue weighted by Crippen LogP contribution is 2.20. The molecule has 1 aromatic rings. The monoisotopic (exact) mass is 339 g/mol. The Hall–Kier alpha value is -1.80. The summed E-state index contributed by atoms with van der Waals surface area (Å²) in [6, 6.07) is 5.20. The molecule has 1 saturated heterocycles. The Morgan fingerprint density at radius 2 is 2.17 bits per heavy atom. The zero-order valence-electron chi connectivity index (χ0n) is 13.1. The summed E-state index contributed by atoms with van der Waals surface area (Å²) in [7, 11) is -3.29. The molecule has 1 atom stereocenters. The highest BCUT2D eigenvalue weighted by Gasteiger charge is 2.29. The summed E-state index contributed by atoms with van der Waals surface area (Å²) in [6.07, 6.45) is 4.22. The summed E-state index contributed by atoms with van der Waals surface area (Å²) in [4.78, 5) is 30.3. The van der Waals surface area contributed by atoms with Crippen LogP contribution in [-0.4, -0.2) is 55.9 Å². The number of nitrogens with one attached hydrogen (secondary N) is 1. The molecule has 23 heavy (non-hydrogen) atoms. The first-order valence-electron chi connectivity index (χ1n) is 7.54. The van der Waals surface area contributed by atoms with Gasteiger partial charge in [0.2, 0.25) is 15.9 Å². The number of sulfonamides is 1. The van der Waals surface area contributed by atoms with E-state index in [1.807, 2.05) is 0 Å². The molecule has 126 valence electrons. The van der Waals surface area contributed by atoms with Crippen LogP contribution < -0.4 is 4.72 Å². The van der Waals surface area contributed by atoms with E-state index < -0.39 is 10.0 Å². The third kappa shape index (κ3) is 5.40. The Bertz CT molecular complexity index is 661. The molecule has 7 nitrogen and oxygen atoms in total. The molecule has 1 aromatic heterocycles. The molecule has 1 aliphatic heterocycles. The van der Waals surface area contributed by atoms with Gasteiger partial charge in [-0.05, 0) is 25.0 Å². The summed E-state index contributed by atoms with van der Waals surface area (Å²) in [5, 5.41) is 0. The van der Waals surface area contributed by atoms with Crippen LogP contribution >= 0.6 is 0 Å². The molecule has 0 aliphatic carbocycles. The van der Waals surface area contributed by atoms with Crippen LogP contribution in [0.5, 0.6) is 0 Å². The van der Waals surface area contributed by atoms with Gasteiger partial charge in [0, 0.05) is 38.2 Å². The Labute approximate surface area is 136 Å². The van der Waals surface area contributed by atoms with Crippen LogP contribution in [0.15, 0.2) is 24.4 Å². The largest absolute Gasteiger partial charge is 0.342 e. The number of pyridine rings is 1. The van der Waals surface area contributed by atoms with Crippen LogP contribution in [0.25, 0.3) is 0 Å². The van der Waals surface area contributed by atoms with Gasteiger partial charge in [-0.3, -0.25) is 14.6 Å². The maximum Gasteiger partial charge on any atom is 0.223 e. The molecule has 1 amide bonds. The zero-order chi connectivity index (χ0) is 16.9. The zero-order valence-corrected chi connectivity index (χ0v) is 13.9. The number of likely N-dealkylation sites (tertiary alicyclic amines) is 1. The van der Waals surface area contributed by atoms with Gasteiger partial charge >= 0.3 is 0 Å². The van der Waals surface area contributed by atoms with E-state index in [1.165, 1.54) is 0 Å². The molecule has 1 aliphatic rings. The van der Waals surface area contributed by atoms with Crippen molar-refractivity contribution in [1.82, 2.24) is 14.6 Å². The van der Waals surface area contributed by atoms with E-state index in [-0.39, 0.29) is 30.6 Å². The van der Waals surface area contributed by atoms with Gasteiger partial charge in [0.15, 0.2) is 5.78 Å². The molecule has 2 heterocycles. The topological polar surface area (TPSA) is 96.4 Å². The van der Waals surface area contributed by atoms with Crippen molar-refractivity contribution < 1.29 is 18.0 Å². The van der Waals surface area contributed by atoms with Crippen molar-refractivity contribution >= 4 is 21.7 Å². The summed E-state index contributed by atoms with van der Waals surface area (Å²) < 4.78 is 24.3.